The zero-order chi connectivity index (χ0) is 6.97. The SMILES string of the molecule is CN1C=Cc2[nH]cnc2N1. The number of imidazole rings is 1. The summed E-state index contributed by atoms with van der Waals surface area (Å²) in [5.41, 5.74) is 4.07. The van der Waals surface area contributed by atoms with E-state index in [1.54, 1.807) is 6.33 Å². The Hall–Kier alpha value is -1.45. The van der Waals surface area contributed by atoms with Gasteiger partial charge >= 0.3 is 0 Å². The first-order chi connectivity index (χ1) is 4.86. The molecule has 4 heteroatoms. The molecule has 1 aliphatic heterocycles. The van der Waals surface area contributed by atoms with Gasteiger partial charge in [-0.05, 0) is 6.08 Å². The fraction of sp³-hybridized carbons (Fsp3) is 0.167. The summed E-state index contributed by atoms with van der Waals surface area (Å²) in [6.07, 6.45) is 5.57. The molecule has 0 spiro atoms. The van der Waals surface area contributed by atoms with Crippen molar-refractivity contribution in [1.29, 1.82) is 0 Å². The van der Waals surface area contributed by atoms with E-state index in [-0.39, 0.29) is 0 Å². The smallest absolute Gasteiger partial charge is 0.170 e. The maximum absolute atomic E-state index is 4.05. The predicted molar refractivity (Wildman–Crippen MR) is 39.0 cm³/mol. The second-order valence-corrected chi connectivity index (χ2v) is 2.20. The second-order valence-electron chi connectivity index (χ2n) is 2.20. The Bertz CT molecular complexity index is 262. The standard InChI is InChI=1S/C6H8N4/c1-10-3-2-5-6(9-10)8-4-7-5/h2-4,9H,1H3,(H,7,8). The monoisotopic (exact) mass is 136 g/mol. The molecule has 1 aliphatic rings. The summed E-state index contributed by atoms with van der Waals surface area (Å²) in [4.78, 5) is 7.04. The van der Waals surface area contributed by atoms with Crippen molar-refractivity contribution in [2.45, 2.75) is 0 Å². The van der Waals surface area contributed by atoms with Gasteiger partial charge in [0.1, 0.15) is 0 Å². The van der Waals surface area contributed by atoms with Gasteiger partial charge in [-0.25, -0.2) is 4.98 Å². The number of aromatic nitrogens is 2. The van der Waals surface area contributed by atoms with Crippen molar-refractivity contribution >= 4 is 11.9 Å². The highest BCUT2D eigenvalue weighted by Crippen LogP contribution is 2.15. The molecule has 0 aromatic carbocycles. The molecule has 1 aromatic rings. The van der Waals surface area contributed by atoms with Crippen LogP contribution in [0.1, 0.15) is 5.69 Å². The van der Waals surface area contributed by atoms with Gasteiger partial charge in [0.05, 0.1) is 12.0 Å². The number of anilines is 1. The Morgan fingerprint density at radius 3 is 3.40 bits per heavy atom. The molecule has 0 unspecified atom stereocenters. The number of H-pyrrole nitrogens is 1. The van der Waals surface area contributed by atoms with Crippen LogP contribution in [0, 0.1) is 0 Å². The lowest BCUT2D eigenvalue weighted by Gasteiger charge is -2.18. The molecule has 52 valence electrons. The van der Waals surface area contributed by atoms with Crippen molar-refractivity contribution in [2.24, 2.45) is 0 Å². The van der Waals surface area contributed by atoms with Gasteiger partial charge in [0.2, 0.25) is 0 Å². The highest BCUT2D eigenvalue weighted by molar-refractivity contribution is 5.61. The van der Waals surface area contributed by atoms with Gasteiger partial charge in [0, 0.05) is 13.2 Å². The zero-order valence-corrected chi connectivity index (χ0v) is 5.63. The summed E-state index contributed by atoms with van der Waals surface area (Å²) in [5, 5.41) is 1.85. The Morgan fingerprint density at radius 1 is 1.60 bits per heavy atom. The van der Waals surface area contributed by atoms with E-state index in [4.69, 9.17) is 0 Å². The lowest BCUT2D eigenvalue weighted by Crippen LogP contribution is -2.21. The molecule has 4 nitrogen and oxygen atoms in total. The number of fused-ring (bicyclic) bond motifs is 1. The molecule has 10 heavy (non-hydrogen) atoms. The van der Waals surface area contributed by atoms with Crippen LogP contribution in [0.15, 0.2) is 12.5 Å². The number of hydrogen-bond donors (Lipinski definition) is 2. The molecule has 0 amide bonds. The van der Waals surface area contributed by atoms with E-state index < -0.39 is 0 Å². The van der Waals surface area contributed by atoms with Crippen LogP contribution in [0.3, 0.4) is 0 Å². The first-order valence-corrected chi connectivity index (χ1v) is 3.07. The van der Waals surface area contributed by atoms with E-state index in [0.29, 0.717) is 0 Å². The summed E-state index contributed by atoms with van der Waals surface area (Å²) in [5.74, 6) is 0.880. The Kier molecular flexibility index (Phi) is 0.943. The number of nitrogens with zero attached hydrogens (tertiary/aromatic N) is 2. The maximum Gasteiger partial charge on any atom is 0.170 e. The Morgan fingerprint density at radius 2 is 2.50 bits per heavy atom. The third-order valence-electron chi connectivity index (χ3n) is 1.42. The van der Waals surface area contributed by atoms with Gasteiger partial charge < -0.3 is 4.98 Å². The van der Waals surface area contributed by atoms with Gasteiger partial charge in [-0.1, -0.05) is 0 Å². The normalized spacial score (nSPS) is 14.7. The first kappa shape index (κ1) is 5.34. The van der Waals surface area contributed by atoms with Crippen LogP contribution in [0.25, 0.3) is 6.08 Å². The molecule has 0 saturated carbocycles. The van der Waals surface area contributed by atoms with Gasteiger partial charge in [-0.3, -0.25) is 10.4 Å². The molecule has 2 N–H and O–H groups in total. The summed E-state index contributed by atoms with van der Waals surface area (Å²) in [6, 6.07) is 0. The molecule has 0 saturated heterocycles. The predicted octanol–water partition coefficient (Wildman–Crippen LogP) is 0.653. The first-order valence-electron chi connectivity index (χ1n) is 3.07. The van der Waals surface area contributed by atoms with Gasteiger partial charge in [0.25, 0.3) is 0 Å². The number of rotatable bonds is 0. The average molecular weight is 136 g/mol. The minimum absolute atomic E-state index is 0.880. The third kappa shape index (κ3) is 0.655. The highest BCUT2D eigenvalue weighted by atomic mass is 15.5. The fourth-order valence-corrected chi connectivity index (χ4v) is 0.911. The quantitative estimate of drug-likeness (QED) is 0.550. The van der Waals surface area contributed by atoms with Crippen LogP contribution < -0.4 is 5.43 Å². The number of aromatic amines is 1. The molecule has 2 heterocycles. The maximum atomic E-state index is 4.05. The van der Waals surface area contributed by atoms with Crippen LogP contribution in [-0.2, 0) is 0 Å². The summed E-state index contributed by atoms with van der Waals surface area (Å²) >= 11 is 0. The van der Waals surface area contributed by atoms with Crippen molar-refractivity contribution in [3.63, 3.8) is 0 Å². The molecular weight excluding hydrogens is 128 g/mol. The Labute approximate surface area is 58.5 Å². The minimum atomic E-state index is 0.880. The van der Waals surface area contributed by atoms with E-state index in [9.17, 15) is 0 Å². The van der Waals surface area contributed by atoms with Crippen molar-refractivity contribution < 1.29 is 0 Å². The molecule has 0 bridgehead atoms. The molecular formula is C6H8N4. The van der Waals surface area contributed by atoms with Gasteiger partial charge in [0.15, 0.2) is 5.82 Å². The summed E-state index contributed by atoms with van der Waals surface area (Å²) in [7, 11) is 1.92. The van der Waals surface area contributed by atoms with E-state index in [2.05, 4.69) is 15.4 Å². The molecule has 0 fully saturated rings. The number of hydrogen-bond acceptors (Lipinski definition) is 3. The van der Waals surface area contributed by atoms with Crippen molar-refractivity contribution in [3.8, 4) is 0 Å². The molecule has 0 aliphatic carbocycles. The molecule has 2 rings (SSSR count). The van der Waals surface area contributed by atoms with Crippen LogP contribution in [0.2, 0.25) is 0 Å². The Balaban J connectivity index is 2.43. The third-order valence-corrected chi connectivity index (χ3v) is 1.42. The molecule has 0 atom stereocenters. The lowest BCUT2D eigenvalue weighted by atomic mass is 10.4. The van der Waals surface area contributed by atoms with Gasteiger partial charge in [-0.2, -0.15) is 0 Å². The largest absolute Gasteiger partial charge is 0.343 e. The van der Waals surface area contributed by atoms with E-state index in [1.165, 1.54) is 0 Å². The van der Waals surface area contributed by atoms with Crippen LogP contribution in [0.4, 0.5) is 5.82 Å². The number of nitrogens with one attached hydrogen (secondary N) is 2. The fourth-order valence-electron chi connectivity index (χ4n) is 0.911. The van der Waals surface area contributed by atoms with E-state index in [1.807, 2.05) is 24.3 Å². The topological polar surface area (TPSA) is 44.0 Å². The second kappa shape index (κ2) is 1.76. The zero-order valence-electron chi connectivity index (χ0n) is 5.63. The van der Waals surface area contributed by atoms with Crippen molar-refractivity contribution in [1.82, 2.24) is 15.0 Å². The average Bonchev–Trinajstić information content (AvgIpc) is 2.33. The van der Waals surface area contributed by atoms with Crippen LogP contribution in [-0.4, -0.2) is 22.0 Å². The van der Waals surface area contributed by atoms with Crippen molar-refractivity contribution in [2.75, 3.05) is 12.5 Å². The molecule has 1 aromatic heterocycles. The van der Waals surface area contributed by atoms with Crippen molar-refractivity contribution in [3.05, 3.63) is 18.2 Å². The lowest BCUT2D eigenvalue weighted by molar-refractivity contribution is 0.547. The van der Waals surface area contributed by atoms with Gasteiger partial charge in [-0.15, -0.1) is 0 Å². The van der Waals surface area contributed by atoms with E-state index >= 15 is 0 Å². The molecule has 0 radical (unpaired) electrons. The van der Waals surface area contributed by atoms with E-state index in [0.717, 1.165) is 11.5 Å². The summed E-state index contributed by atoms with van der Waals surface area (Å²) < 4.78 is 0. The number of hydrazine groups is 1. The highest BCUT2D eigenvalue weighted by Gasteiger charge is 2.06. The van der Waals surface area contributed by atoms with Crippen LogP contribution >= 0.6 is 0 Å². The summed E-state index contributed by atoms with van der Waals surface area (Å²) in [6.45, 7) is 0. The van der Waals surface area contributed by atoms with Crippen LogP contribution in [0.5, 0.6) is 0 Å². The minimum Gasteiger partial charge on any atom is -0.343 e.